The lowest BCUT2D eigenvalue weighted by Crippen LogP contribution is -2.04. The Kier molecular flexibility index (Phi) is 2.68. The van der Waals surface area contributed by atoms with Gasteiger partial charge in [-0.05, 0) is 26.0 Å². The molecule has 0 aliphatic rings. The molecule has 0 atom stereocenters. The summed E-state index contributed by atoms with van der Waals surface area (Å²) in [5.41, 5.74) is 1.46. The largest absolute Gasteiger partial charge is 0.462 e. The molecule has 2 rings (SSSR count). The normalized spacial score (nSPS) is 10.5. The van der Waals surface area contributed by atoms with Crippen LogP contribution in [0.2, 0.25) is 0 Å². The van der Waals surface area contributed by atoms with Crippen LogP contribution < -0.4 is 0 Å². The first-order valence-electron chi connectivity index (χ1n) is 4.74. The first kappa shape index (κ1) is 10.1. The maximum Gasteiger partial charge on any atom is 0.339 e. The predicted octanol–water partition coefficient (Wildman–Crippen LogP) is 2.78. The van der Waals surface area contributed by atoms with Gasteiger partial charge in [0, 0.05) is 11.1 Å². The van der Waals surface area contributed by atoms with Crippen molar-refractivity contribution >= 4 is 27.5 Å². The van der Waals surface area contributed by atoms with Gasteiger partial charge in [0.15, 0.2) is 0 Å². The molecule has 0 saturated carbocycles. The molecule has 0 fully saturated rings. The monoisotopic (exact) mass is 221 g/mol. The van der Waals surface area contributed by atoms with E-state index in [4.69, 9.17) is 4.74 Å². The summed E-state index contributed by atoms with van der Waals surface area (Å²) in [6.07, 6.45) is 1.56. The fourth-order valence-corrected chi connectivity index (χ4v) is 2.29. The molecule has 0 aromatic carbocycles. The van der Waals surface area contributed by atoms with Gasteiger partial charge in [-0.2, -0.15) is 0 Å². The van der Waals surface area contributed by atoms with E-state index in [0.717, 1.165) is 10.2 Å². The number of carbonyl (C=O) groups is 1. The summed E-state index contributed by atoms with van der Waals surface area (Å²) < 4.78 is 5.94. The van der Waals surface area contributed by atoms with E-state index in [9.17, 15) is 4.79 Å². The average molecular weight is 221 g/mol. The number of pyridine rings is 1. The Balaban J connectivity index is 2.41. The zero-order valence-electron chi connectivity index (χ0n) is 8.61. The van der Waals surface area contributed by atoms with Crippen LogP contribution in [0.15, 0.2) is 18.3 Å². The summed E-state index contributed by atoms with van der Waals surface area (Å²) in [4.78, 5) is 16.8. The first-order valence-corrected chi connectivity index (χ1v) is 5.55. The molecule has 0 bridgehead atoms. The second-order valence-electron chi connectivity index (χ2n) is 3.18. The van der Waals surface area contributed by atoms with Crippen molar-refractivity contribution in [1.29, 1.82) is 0 Å². The smallest absolute Gasteiger partial charge is 0.339 e. The van der Waals surface area contributed by atoms with Gasteiger partial charge in [0.25, 0.3) is 0 Å². The summed E-state index contributed by atoms with van der Waals surface area (Å²) in [7, 11) is 0. The molecule has 3 nitrogen and oxygen atoms in total. The van der Waals surface area contributed by atoms with Crippen molar-refractivity contribution in [3.8, 4) is 0 Å². The molecule has 0 spiro atoms. The maximum absolute atomic E-state index is 11.4. The Morgan fingerprint density at radius 3 is 3.07 bits per heavy atom. The summed E-state index contributed by atoms with van der Waals surface area (Å²) in [6.45, 7) is 4.20. The van der Waals surface area contributed by atoms with Crippen LogP contribution in [0.3, 0.4) is 0 Å². The number of carbonyl (C=O) groups excluding carboxylic acids is 1. The molecule has 2 heterocycles. The van der Waals surface area contributed by atoms with Crippen LogP contribution in [0, 0.1) is 6.92 Å². The van der Waals surface area contributed by atoms with Crippen LogP contribution in [0.25, 0.3) is 10.2 Å². The number of hydrogen-bond donors (Lipinski definition) is 0. The molecule has 15 heavy (non-hydrogen) atoms. The van der Waals surface area contributed by atoms with Gasteiger partial charge in [0.1, 0.15) is 0 Å². The highest BCUT2D eigenvalue weighted by atomic mass is 32.1. The number of ether oxygens (including phenoxy) is 1. The van der Waals surface area contributed by atoms with E-state index in [-0.39, 0.29) is 5.97 Å². The second-order valence-corrected chi connectivity index (χ2v) is 4.47. The number of aryl methyl sites for hydroxylation is 1. The molecule has 0 aliphatic carbocycles. The lowest BCUT2D eigenvalue weighted by molar-refractivity contribution is 0.0526. The molecule has 0 amide bonds. The van der Waals surface area contributed by atoms with Gasteiger partial charge in [-0.1, -0.05) is 0 Å². The Hall–Kier alpha value is -1.42. The van der Waals surface area contributed by atoms with Crippen molar-refractivity contribution in [2.45, 2.75) is 13.8 Å². The second kappa shape index (κ2) is 3.98. The number of fused-ring (bicyclic) bond motifs is 1. The number of aromatic nitrogens is 1. The van der Waals surface area contributed by atoms with E-state index in [2.05, 4.69) is 4.98 Å². The quantitative estimate of drug-likeness (QED) is 0.732. The van der Waals surface area contributed by atoms with E-state index in [1.54, 1.807) is 24.5 Å². The molecule has 2 aromatic heterocycles. The summed E-state index contributed by atoms with van der Waals surface area (Å²) in [6, 6.07) is 3.84. The Morgan fingerprint density at radius 1 is 1.53 bits per heavy atom. The van der Waals surface area contributed by atoms with E-state index >= 15 is 0 Å². The summed E-state index contributed by atoms with van der Waals surface area (Å²) >= 11 is 1.63. The van der Waals surface area contributed by atoms with Crippen LogP contribution in [0.1, 0.15) is 22.2 Å². The van der Waals surface area contributed by atoms with Crippen molar-refractivity contribution in [3.63, 3.8) is 0 Å². The van der Waals surface area contributed by atoms with Crippen LogP contribution in [0.4, 0.5) is 0 Å². The molecular formula is C11H11NO2S. The molecule has 2 aromatic rings. The van der Waals surface area contributed by atoms with E-state index in [1.807, 2.05) is 19.1 Å². The highest BCUT2D eigenvalue weighted by Crippen LogP contribution is 2.24. The molecule has 0 aliphatic heterocycles. The highest BCUT2D eigenvalue weighted by Gasteiger charge is 2.08. The van der Waals surface area contributed by atoms with Crippen LogP contribution >= 0.6 is 11.3 Å². The van der Waals surface area contributed by atoms with Gasteiger partial charge in [0.05, 0.1) is 22.4 Å². The third-order valence-corrected chi connectivity index (χ3v) is 2.99. The molecule has 4 heteroatoms. The summed E-state index contributed by atoms with van der Waals surface area (Å²) in [5, 5.41) is 0. The van der Waals surface area contributed by atoms with E-state index < -0.39 is 0 Å². The van der Waals surface area contributed by atoms with Gasteiger partial charge in [-0.15, -0.1) is 11.3 Å². The van der Waals surface area contributed by atoms with Crippen molar-refractivity contribution in [2.24, 2.45) is 0 Å². The van der Waals surface area contributed by atoms with E-state index in [0.29, 0.717) is 12.2 Å². The number of nitrogens with zero attached hydrogens (tertiary/aromatic N) is 1. The number of esters is 1. The van der Waals surface area contributed by atoms with Crippen molar-refractivity contribution in [3.05, 3.63) is 28.8 Å². The lowest BCUT2D eigenvalue weighted by Gasteiger charge is -2.00. The maximum atomic E-state index is 11.4. The fraction of sp³-hybridized carbons (Fsp3) is 0.273. The lowest BCUT2D eigenvalue weighted by atomic mass is 10.2. The fourth-order valence-electron chi connectivity index (χ4n) is 1.37. The molecule has 0 saturated heterocycles. The first-order chi connectivity index (χ1) is 7.20. The molecule has 0 N–H and O–H groups in total. The molecular weight excluding hydrogens is 210 g/mol. The minimum absolute atomic E-state index is 0.307. The topological polar surface area (TPSA) is 39.2 Å². The Bertz CT molecular complexity index is 504. The van der Waals surface area contributed by atoms with Gasteiger partial charge >= 0.3 is 5.97 Å². The molecule has 0 unspecified atom stereocenters. The minimum Gasteiger partial charge on any atom is -0.462 e. The number of rotatable bonds is 2. The van der Waals surface area contributed by atoms with Gasteiger partial charge in [-0.25, -0.2) is 4.79 Å². The van der Waals surface area contributed by atoms with Gasteiger partial charge < -0.3 is 4.74 Å². The zero-order chi connectivity index (χ0) is 10.8. The number of hydrogen-bond acceptors (Lipinski definition) is 4. The molecule has 78 valence electrons. The summed E-state index contributed by atoms with van der Waals surface area (Å²) in [5.74, 6) is -0.307. The Morgan fingerprint density at radius 2 is 2.33 bits per heavy atom. The predicted molar refractivity (Wildman–Crippen MR) is 60.3 cm³/mol. The number of thiophene rings is 1. The van der Waals surface area contributed by atoms with Gasteiger partial charge in [-0.3, -0.25) is 4.98 Å². The van der Waals surface area contributed by atoms with Crippen molar-refractivity contribution in [2.75, 3.05) is 6.61 Å². The average Bonchev–Trinajstić information content (AvgIpc) is 2.57. The van der Waals surface area contributed by atoms with Crippen molar-refractivity contribution < 1.29 is 9.53 Å². The van der Waals surface area contributed by atoms with Crippen molar-refractivity contribution in [1.82, 2.24) is 4.98 Å². The highest BCUT2D eigenvalue weighted by molar-refractivity contribution is 7.18. The standard InChI is InChI=1S/C11H11NO2S/c1-3-14-11(13)8-5-10-9(12-6-8)4-7(2)15-10/h4-6H,3H2,1-2H3. The van der Waals surface area contributed by atoms with Crippen LogP contribution in [-0.2, 0) is 4.74 Å². The SMILES string of the molecule is CCOC(=O)c1cnc2cc(C)sc2c1. The minimum atomic E-state index is -0.307. The zero-order valence-corrected chi connectivity index (χ0v) is 9.43. The van der Waals surface area contributed by atoms with E-state index in [1.165, 1.54) is 4.88 Å². The van der Waals surface area contributed by atoms with Crippen LogP contribution in [-0.4, -0.2) is 17.6 Å². The van der Waals surface area contributed by atoms with Gasteiger partial charge in [0.2, 0.25) is 0 Å². The van der Waals surface area contributed by atoms with Crippen LogP contribution in [0.5, 0.6) is 0 Å². The third kappa shape index (κ3) is 1.99. The third-order valence-electron chi connectivity index (χ3n) is 2.00. The molecule has 0 radical (unpaired) electrons. The Labute approximate surface area is 91.7 Å².